The van der Waals surface area contributed by atoms with Crippen LogP contribution in [0.4, 0.5) is 17.1 Å². The zero-order valence-electron chi connectivity index (χ0n) is 34.5. The molecular weight excluding hydrogens is 713 g/mol. The van der Waals surface area contributed by atoms with E-state index >= 15 is 0 Å². The maximum atomic E-state index is 9.69. The Hall–Kier alpha value is -7.27. The summed E-state index contributed by atoms with van der Waals surface area (Å²) in [6.45, 7) is 0. The molecular formula is C53H34N2OS. The number of hydrogen-bond donors (Lipinski definition) is 0. The predicted octanol–water partition coefficient (Wildman–Crippen LogP) is 15.5. The van der Waals surface area contributed by atoms with Crippen LogP contribution in [-0.2, 0) is 0 Å². The van der Waals surface area contributed by atoms with Crippen molar-refractivity contribution in [2.75, 3.05) is 4.90 Å². The molecule has 0 bridgehead atoms. The van der Waals surface area contributed by atoms with E-state index in [0.29, 0.717) is 16.7 Å². The van der Waals surface area contributed by atoms with E-state index < -0.39 is 0 Å². The molecule has 0 unspecified atom stereocenters. The average molecular weight is 751 g/mol. The molecule has 2 heterocycles. The Kier molecular flexibility index (Phi) is 7.03. The van der Waals surface area contributed by atoms with Gasteiger partial charge in [-0.15, -0.1) is 11.3 Å². The van der Waals surface area contributed by atoms with Gasteiger partial charge in [0.25, 0.3) is 0 Å². The number of benzene rings is 9. The van der Waals surface area contributed by atoms with E-state index in [9.17, 15) is 5.48 Å². The summed E-state index contributed by atoms with van der Waals surface area (Å²) in [4.78, 5) is 6.65. The molecule has 0 saturated heterocycles. The van der Waals surface area contributed by atoms with Gasteiger partial charge in [-0.2, -0.15) is 0 Å². The Morgan fingerprint density at radius 1 is 0.456 bits per heavy atom. The van der Waals surface area contributed by atoms with Crippen molar-refractivity contribution < 1.29 is 9.90 Å². The van der Waals surface area contributed by atoms with Crippen molar-refractivity contribution in [2.45, 2.75) is 0 Å². The van der Waals surface area contributed by atoms with Crippen LogP contribution in [0, 0.1) is 0 Å². The maximum absolute atomic E-state index is 9.69. The summed E-state index contributed by atoms with van der Waals surface area (Å²) in [5.74, 6) is 0. The highest BCUT2D eigenvalue weighted by atomic mass is 32.1. The molecule has 0 radical (unpaired) electrons. The Morgan fingerprint density at radius 3 is 1.86 bits per heavy atom. The number of para-hydroxylation sites is 2. The molecule has 0 aliphatic heterocycles. The Labute approximate surface area is 340 Å². The number of fused-ring (bicyclic) bond motifs is 5. The number of hydrogen-bond acceptors (Lipinski definition) is 4. The van der Waals surface area contributed by atoms with E-state index in [1.807, 2.05) is 138 Å². The lowest BCUT2D eigenvalue weighted by Crippen LogP contribution is -2.09. The van der Waals surface area contributed by atoms with E-state index in [-0.39, 0.29) is 35.4 Å². The van der Waals surface area contributed by atoms with Crippen molar-refractivity contribution in [3.63, 3.8) is 0 Å². The third-order valence-electron chi connectivity index (χ3n) is 10.6. The highest BCUT2D eigenvalue weighted by Gasteiger charge is 2.19. The molecule has 0 saturated carbocycles. The van der Waals surface area contributed by atoms with Crippen LogP contribution < -0.4 is 4.90 Å². The van der Waals surface area contributed by atoms with E-state index in [2.05, 4.69) is 48.5 Å². The average Bonchev–Trinajstić information content (AvgIpc) is 3.92. The van der Waals surface area contributed by atoms with Crippen molar-refractivity contribution >= 4 is 71.3 Å². The van der Waals surface area contributed by atoms with Crippen LogP contribution in [-0.4, -0.2) is 4.98 Å². The monoisotopic (exact) mass is 750 g/mol. The van der Waals surface area contributed by atoms with Gasteiger partial charge in [0.1, 0.15) is 16.2 Å². The topological polar surface area (TPSA) is 29.3 Å². The molecule has 0 amide bonds. The maximum Gasteiger partial charge on any atom is 0.136 e. The normalized spacial score (nSPS) is 12.5. The van der Waals surface area contributed by atoms with Gasteiger partial charge in [0.15, 0.2) is 0 Å². The molecule has 0 N–H and O–H groups in total. The Bertz CT molecular complexity index is 3390. The summed E-state index contributed by atoms with van der Waals surface area (Å²) in [6, 6.07) is 59.7. The van der Waals surface area contributed by atoms with Crippen molar-refractivity contribution in [3.8, 4) is 44.0 Å². The largest absolute Gasteiger partial charge is 0.456 e. The third kappa shape index (κ3) is 5.95. The second kappa shape index (κ2) is 13.8. The summed E-state index contributed by atoms with van der Waals surface area (Å²) in [5, 5.41) is 4.25. The highest BCUT2D eigenvalue weighted by molar-refractivity contribution is 7.21. The molecule has 57 heavy (non-hydrogen) atoms. The number of nitrogens with zero attached hydrogens (tertiary/aromatic N) is 2. The van der Waals surface area contributed by atoms with Crippen LogP contribution in [0.3, 0.4) is 0 Å². The first-order valence-electron chi connectivity index (χ1n) is 20.9. The number of rotatable bonds is 7. The Balaban J connectivity index is 1.05. The summed E-state index contributed by atoms with van der Waals surface area (Å²) in [6.07, 6.45) is 0. The third-order valence-corrected chi connectivity index (χ3v) is 11.7. The van der Waals surface area contributed by atoms with Gasteiger partial charge in [0.05, 0.1) is 15.7 Å². The minimum absolute atomic E-state index is 0.130. The van der Waals surface area contributed by atoms with Crippen molar-refractivity contribution in [3.05, 3.63) is 206 Å². The molecule has 0 aliphatic rings. The molecule has 268 valence electrons. The molecule has 2 aromatic heterocycles. The fraction of sp³-hybridized carbons (Fsp3) is 0. The van der Waals surface area contributed by atoms with Gasteiger partial charge in [0, 0.05) is 39.0 Å². The van der Waals surface area contributed by atoms with Crippen LogP contribution in [0.2, 0.25) is 0 Å². The lowest BCUT2D eigenvalue weighted by Gasteiger charge is -2.26. The van der Waals surface area contributed by atoms with Crippen LogP contribution in [0.1, 0.15) is 5.48 Å². The van der Waals surface area contributed by atoms with Crippen molar-refractivity contribution in [1.82, 2.24) is 4.98 Å². The lowest BCUT2D eigenvalue weighted by molar-refractivity contribution is 0.669. The molecule has 0 aliphatic carbocycles. The quantitative estimate of drug-likeness (QED) is 0.162. The van der Waals surface area contributed by atoms with E-state index in [4.69, 9.17) is 9.40 Å². The van der Waals surface area contributed by atoms with Gasteiger partial charge < -0.3 is 9.32 Å². The first kappa shape index (κ1) is 29.1. The van der Waals surface area contributed by atoms with Crippen LogP contribution in [0.25, 0.3) is 86.9 Å². The van der Waals surface area contributed by atoms with Gasteiger partial charge in [-0.1, -0.05) is 139 Å². The number of furan rings is 1. The first-order chi connectivity index (χ1) is 29.9. The molecule has 4 heteroatoms. The van der Waals surface area contributed by atoms with Gasteiger partial charge in [0.2, 0.25) is 0 Å². The van der Waals surface area contributed by atoms with Gasteiger partial charge >= 0.3 is 0 Å². The van der Waals surface area contributed by atoms with Gasteiger partial charge in [-0.05, 0) is 105 Å². The number of anilines is 3. The molecule has 11 rings (SSSR count). The highest BCUT2D eigenvalue weighted by Crippen LogP contribution is 2.44. The van der Waals surface area contributed by atoms with E-state index in [1.165, 1.54) is 0 Å². The van der Waals surface area contributed by atoms with E-state index in [0.717, 1.165) is 76.0 Å². The molecule has 0 atom stereocenters. The molecule has 9 aromatic carbocycles. The van der Waals surface area contributed by atoms with E-state index in [1.54, 1.807) is 11.3 Å². The second-order valence-electron chi connectivity index (χ2n) is 14.0. The SMILES string of the molecule is [2H]c1c([2H])c(N(c2ccccc2)c2ccc(-c3ccccc3)cc2)c([2H])c([2H])c1-c1c2ccccc2cc2oc3cc(-c4ccc(-c5nc6ccccc6s5)cc4)ccc3c12. The predicted molar refractivity (Wildman–Crippen MR) is 241 cm³/mol. The first-order valence-corrected chi connectivity index (χ1v) is 19.7. The van der Waals surface area contributed by atoms with Gasteiger partial charge in [-0.3, -0.25) is 0 Å². The summed E-state index contributed by atoms with van der Waals surface area (Å²) >= 11 is 1.68. The summed E-state index contributed by atoms with van der Waals surface area (Å²) in [7, 11) is 0. The summed E-state index contributed by atoms with van der Waals surface area (Å²) < 4.78 is 46.5. The fourth-order valence-electron chi connectivity index (χ4n) is 7.80. The summed E-state index contributed by atoms with van der Waals surface area (Å²) in [5.41, 5.74) is 9.91. The minimum atomic E-state index is -0.141. The van der Waals surface area contributed by atoms with Crippen LogP contribution in [0.5, 0.6) is 0 Å². The minimum Gasteiger partial charge on any atom is -0.456 e. The standard InChI is InChI=1S/C53H34N2OS/c1-3-11-35(12-4-1)36-23-28-43(29-24-36)55(42-14-5-2-6-15-42)44-30-25-38(26-31-44)51-45-16-8-7-13-41(45)34-49-52(51)46-32-27-40(33-48(46)56-49)37-19-21-39(22-20-37)53-54-47-17-9-10-18-50(47)57-53/h1-34H/i25D,26D,30D,31D. The Morgan fingerprint density at radius 2 is 1.07 bits per heavy atom. The van der Waals surface area contributed by atoms with Crippen LogP contribution >= 0.6 is 11.3 Å². The number of thiazole rings is 1. The zero-order valence-corrected chi connectivity index (χ0v) is 31.3. The molecule has 11 aromatic rings. The smallest absolute Gasteiger partial charge is 0.136 e. The molecule has 0 spiro atoms. The zero-order chi connectivity index (χ0) is 41.2. The lowest BCUT2D eigenvalue weighted by atomic mass is 9.92. The second-order valence-corrected chi connectivity index (χ2v) is 15.1. The number of aromatic nitrogens is 1. The van der Waals surface area contributed by atoms with Crippen LogP contribution in [0.15, 0.2) is 211 Å². The van der Waals surface area contributed by atoms with Gasteiger partial charge in [-0.25, -0.2) is 4.98 Å². The fourth-order valence-corrected chi connectivity index (χ4v) is 8.77. The molecule has 3 nitrogen and oxygen atoms in total. The van der Waals surface area contributed by atoms with Crippen molar-refractivity contribution in [1.29, 1.82) is 0 Å². The molecule has 0 fully saturated rings. The van der Waals surface area contributed by atoms with Crippen molar-refractivity contribution in [2.24, 2.45) is 0 Å².